The molecule has 0 radical (unpaired) electrons. The molecule has 158 valence electrons. The first kappa shape index (κ1) is 24.7. The largest absolute Gasteiger partial charge is 0.494 e. The SMILES string of the molecule is CCNC(=NCCCOc1ccccc1)NCCc1ccc(NC(C)=O)cc1.I. The van der Waals surface area contributed by atoms with E-state index >= 15 is 0 Å². The van der Waals surface area contributed by atoms with Gasteiger partial charge in [0.2, 0.25) is 5.91 Å². The fourth-order valence-electron chi connectivity index (χ4n) is 2.59. The molecule has 0 heterocycles. The minimum absolute atomic E-state index is 0. The zero-order valence-electron chi connectivity index (χ0n) is 17.1. The third kappa shape index (κ3) is 10.7. The summed E-state index contributed by atoms with van der Waals surface area (Å²) >= 11 is 0. The van der Waals surface area contributed by atoms with Crippen LogP contribution in [-0.4, -0.2) is 38.1 Å². The van der Waals surface area contributed by atoms with E-state index in [1.54, 1.807) is 0 Å². The number of carbonyl (C=O) groups excluding carboxylic acids is 1. The van der Waals surface area contributed by atoms with Crippen molar-refractivity contribution in [3.05, 3.63) is 60.2 Å². The third-order valence-electron chi connectivity index (χ3n) is 3.91. The Morgan fingerprint density at radius 2 is 1.76 bits per heavy atom. The Labute approximate surface area is 190 Å². The van der Waals surface area contributed by atoms with Crippen LogP contribution in [0.1, 0.15) is 25.8 Å². The maximum absolute atomic E-state index is 11.1. The van der Waals surface area contributed by atoms with Crippen LogP contribution < -0.4 is 20.7 Å². The first-order valence-corrected chi connectivity index (χ1v) is 9.74. The van der Waals surface area contributed by atoms with Crippen LogP contribution in [0.4, 0.5) is 5.69 Å². The lowest BCUT2D eigenvalue weighted by atomic mass is 10.1. The number of benzene rings is 2. The number of halogens is 1. The highest BCUT2D eigenvalue weighted by Gasteiger charge is 2.00. The molecule has 29 heavy (non-hydrogen) atoms. The molecule has 0 aliphatic carbocycles. The number of nitrogens with zero attached hydrogens (tertiary/aromatic N) is 1. The van der Waals surface area contributed by atoms with Crippen molar-refractivity contribution >= 4 is 41.5 Å². The van der Waals surface area contributed by atoms with E-state index in [2.05, 4.69) is 27.9 Å². The Kier molecular flexibility index (Phi) is 12.5. The van der Waals surface area contributed by atoms with E-state index in [0.717, 1.165) is 43.3 Å². The van der Waals surface area contributed by atoms with Crippen LogP contribution in [-0.2, 0) is 11.2 Å². The second-order valence-electron chi connectivity index (χ2n) is 6.33. The van der Waals surface area contributed by atoms with Crippen molar-refractivity contribution < 1.29 is 9.53 Å². The molecule has 0 bridgehead atoms. The number of amides is 1. The van der Waals surface area contributed by atoms with Gasteiger partial charge in [-0.25, -0.2) is 0 Å². The highest BCUT2D eigenvalue weighted by molar-refractivity contribution is 14.0. The Hall–Kier alpha value is -2.29. The Balaban J connectivity index is 0.00000420. The van der Waals surface area contributed by atoms with Crippen LogP contribution in [0, 0.1) is 0 Å². The monoisotopic (exact) mass is 510 g/mol. The van der Waals surface area contributed by atoms with Crippen LogP contribution in [0.15, 0.2) is 59.6 Å². The lowest BCUT2D eigenvalue weighted by molar-refractivity contribution is -0.114. The standard InChI is InChI=1S/C22H30N4O2.HI/c1-3-23-22(24-15-7-17-28-21-8-5-4-6-9-21)25-16-14-19-10-12-20(13-11-19)26-18(2)27;/h4-6,8-13H,3,7,14-17H2,1-2H3,(H,26,27)(H2,23,24,25);1H. The predicted octanol–water partition coefficient (Wildman–Crippen LogP) is 3.83. The zero-order chi connectivity index (χ0) is 20.0. The summed E-state index contributed by atoms with van der Waals surface area (Å²) in [5, 5.41) is 9.38. The number of aliphatic imine (C=N–C) groups is 1. The number of hydrogen-bond acceptors (Lipinski definition) is 3. The first-order chi connectivity index (χ1) is 13.7. The summed E-state index contributed by atoms with van der Waals surface area (Å²) in [6.45, 7) is 6.51. The molecule has 0 saturated heterocycles. The van der Waals surface area contributed by atoms with Crippen LogP contribution >= 0.6 is 24.0 Å². The molecule has 0 aromatic heterocycles. The van der Waals surface area contributed by atoms with Crippen LogP contribution in [0.2, 0.25) is 0 Å². The minimum Gasteiger partial charge on any atom is -0.494 e. The Bertz CT molecular complexity index is 736. The van der Waals surface area contributed by atoms with Gasteiger partial charge < -0.3 is 20.7 Å². The topological polar surface area (TPSA) is 74.8 Å². The van der Waals surface area contributed by atoms with Gasteiger partial charge in [0.25, 0.3) is 0 Å². The molecular formula is C22H31IN4O2. The van der Waals surface area contributed by atoms with Crippen molar-refractivity contribution in [3.8, 4) is 5.75 Å². The molecular weight excluding hydrogens is 479 g/mol. The van der Waals surface area contributed by atoms with E-state index in [1.807, 2.05) is 54.6 Å². The van der Waals surface area contributed by atoms with E-state index in [1.165, 1.54) is 12.5 Å². The molecule has 0 aliphatic heterocycles. The van der Waals surface area contributed by atoms with Crippen LogP contribution in [0.5, 0.6) is 5.75 Å². The van der Waals surface area contributed by atoms with Gasteiger partial charge in [0.05, 0.1) is 6.61 Å². The maximum Gasteiger partial charge on any atom is 0.221 e. The molecule has 0 unspecified atom stereocenters. The number of ether oxygens (including phenoxy) is 1. The van der Waals surface area contributed by atoms with Crippen LogP contribution in [0.25, 0.3) is 0 Å². The molecule has 2 aromatic carbocycles. The molecule has 0 atom stereocenters. The van der Waals surface area contributed by atoms with E-state index in [-0.39, 0.29) is 29.9 Å². The van der Waals surface area contributed by atoms with Crippen LogP contribution in [0.3, 0.4) is 0 Å². The Morgan fingerprint density at radius 3 is 2.41 bits per heavy atom. The van der Waals surface area contributed by atoms with Crippen molar-refractivity contribution in [2.45, 2.75) is 26.7 Å². The number of para-hydroxylation sites is 1. The van der Waals surface area contributed by atoms with E-state index < -0.39 is 0 Å². The molecule has 0 saturated carbocycles. The second kappa shape index (κ2) is 14.7. The van der Waals surface area contributed by atoms with Crippen molar-refractivity contribution in [2.24, 2.45) is 4.99 Å². The molecule has 3 N–H and O–H groups in total. The average molecular weight is 510 g/mol. The van der Waals surface area contributed by atoms with Gasteiger partial charge in [-0.2, -0.15) is 0 Å². The number of carbonyl (C=O) groups is 1. The van der Waals surface area contributed by atoms with Gasteiger partial charge in [-0.3, -0.25) is 9.79 Å². The average Bonchev–Trinajstić information content (AvgIpc) is 2.69. The fourth-order valence-corrected chi connectivity index (χ4v) is 2.59. The summed E-state index contributed by atoms with van der Waals surface area (Å²) in [5.41, 5.74) is 2.02. The quantitative estimate of drug-likeness (QED) is 0.197. The minimum atomic E-state index is -0.0601. The highest BCUT2D eigenvalue weighted by atomic mass is 127. The summed E-state index contributed by atoms with van der Waals surface area (Å²) in [4.78, 5) is 15.6. The van der Waals surface area contributed by atoms with E-state index in [9.17, 15) is 4.79 Å². The Morgan fingerprint density at radius 1 is 1.03 bits per heavy atom. The number of rotatable bonds is 10. The lowest BCUT2D eigenvalue weighted by Gasteiger charge is -2.12. The highest BCUT2D eigenvalue weighted by Crippen LogP contribution is 2.10. The van der Waals surface area contributed by atoms with Crippen molar-refractivity contribution in [1.29, 1.82) is 0 Å². The maximum atomic E-state index is 11.1. The third-order valence-corrected chi connectivity index (χ3v) is 3.91. The molecule has 0 fully saturated rings. The molecule has 0 aliphatic rings. The van der Waals surface area contributed by atoms with Crippen molar-refractivity contribution in [2.75, 3.05) is 31.6 Å². The number of hydrogen-bond donors (Lipinski definition) is 3. The molecule has 6 nitrogen and oxygen atoms in total. The molecule has 7 heteroatoms. The zero-order valence-corrected chi connectivity index (χ0v) is 19.4. The normalized spacial score (nSPS) is 10.6. The molecule has 1 amide bonds. The summed E-state index contributed by atoms with van der Waals surface area (Å²) in [6.07, 6.45) is 1.73. The van der Waals surface area contributed by atoms with Crippen molar-refractivity contribution in [3.63, 3.8) is 0 Å². The fraction of sp³-hybridized carbons (Fsp3) is 0.364. The summed E-state index contributed by atoms with van der Waals surface area (Å²) in [7, 11) is 0. The molecule has 0 spiro atoms. The van der Waals surface area contributed by atoms with Gasteiger partial charge in [-0.1, -0.05) is 30.3 Å². The van der Waals surface area contributed by atoms with Gasteiger partial charge in [0, 0.05) is 38.7 Å². The molecule has 2 aromatic rings. The number of anilines is 1. The van der Waals surface area contributed by atoms with Crippen molar-refractivity contribution in [1.82, 2.24) is 10.6 Å². The smallest absolute Gasteiger partial charge is 0.221 e. The summed E-state index contributed by atoms with van der Waals surface area (Å²) in [5.74, 6) is 1.65. The number of nitrogens with one attached hydrogen (secondary N) is 3. The van der Waals surface area contributed by atoms with Gasteiger partial charge >= 0.3 is 0 Å². The summed E-state index contributed by atoms with van der Waals surface area (Å²) in [6, 6.07) is 17.7. The first-order valence-electron chi connectivity index (χ1n) is 9.74. The van der Waals surface area contributed by atoms with Gasteiger partial charge in [-0.15, -0.1) is 24.0 Å². The summed E-state index contributed by atoms with van der Waals surface area (Å²) < 4.78 is 5.68. The second-order valence-corrected chi connectivity index (χ2v) is 6.33. The van der Waals surface area contributed by atoms with E-state index in [0.29, 0.717) is 13.2 Å². The van der Waals surface area contributed by atoms with Gasteiger partial charge in [-0.05, 0) is 43.2 Å². The van der Waals surface area contributed by atoms with Gasteiger partial charge in [0.15, 0.2) is 5.96 Å². The van der Waals surface area contributed by atoms with Gasteiger partial charge in [0.1, 0.15) is 5.75 Å². The van der Waals surface area contributed by atoms with E-state index in [4.69, 9.17) is 4.74 Å². The molecule has 2 rings (SSSR count). The lowest BCUT2D eigenvalue weighted by Crippen LogP contribution is -2.38. The number of guanidine groups is 1. The predicted molar refractivity (Wildman–Crippen MR) is 130 cm³/mol.